The molecule has 1 amide bonds. The lowest BCUT2D eigenvalue weighted by atomic mass is 9.79. The summed E-state index contributed by atoms with van der Waals surface area (Å²) >= 11 is 2.61. The van der Waals surface area contributed by atoms with E-state index in [0.29, 0.717) is 10.6 Å². The van der Waals surface area contributed by atoms with Crippen molar-refractivity contribution in [3.8, 4) is 0 Å². The van der Waals surface area contributed by atoms with Crippen molar-refractivity contribution in [2.45, 2.75) is 59.7 Å². The smallest absolute Gasteiger partial charge is 0.434 e. The lowest BCUT2D eigenvalue weighted by Crippen LogP contribution is -2.63. The van der Waals surface area contributed by atoms with Gasteiger partial charge < -0.3 is 29.3 Å². The van der Waals surface area contributed by atoms with Crippen LogP contribution in [0, 0.1) is 17.8 Å². The monoisotopic (exact) mass is 526 g/mol. The number of aliphatic hydroxyl groups is 2. The third-order valence-corrected chi connectivity index (χ3v) is 7.54. The number of aliphatic hydroxyl groups excluding tert-OH is 2. The summed E-state index contributed by atoms with van der Waals surface area (Å²) in [6.07, 6.45) is -1.29. The van der Waals surface area contributed by atoms with Crippen LogP contribution >= 0.6 is 23.1 Å². The van der Waals surface area contributed by atoms with Crippen molar-refractivity contribution in [1.82, 2.24) is 9.88 Å². The zero-order valence-electron chi connectivity index (χ0n) is 20.2. The molecule has 0 bridgehead atoms. The molecule has 0 aromatic carbocycles. The van der Waals surface area contributed by atoms with Gasteiger partial charge in [-0.15, -0.1) is 11.3 Å². The number of fused-ring (bicyclic) bond motifs is 1. The Hall–Kier alpha value is -2.41. The SMILES string of the molecule is CC(C)COC(=O)OC(C)OC(=O)C1=C(SC=Cc2scnc2CO)[C@H](C)[C@@H]2[C@@H]([C@@H](C)O)C(=O)N12. The van der Waals surface area contributed by atoms with Crippen LogP contribution in [-0.4, -0.2) is 63.2 Å². The second-order valence-corrected chi connectivity index (χ2v) is 10.6. The maximum Gasteiger partial charge on any atom is 0.511 e. The molecule has 0 saturated carbocycles. The molecular formula is C23H30N2O8S2. The van der Waals surface area contributed by atoms with Crippen LogP contribution in [0.25, 0.3) is 6.08 Å². The van der Waals surface area contributed by atoms with E-state index >= 15 is 0 Å². The summed E-state index contributed by atoms with van der Waals surface area (Å²) in [4.78, 5) is 44.5. The summed E-state index contributed by atoms with van der Waals surface area (Å²) in [6.45, 7) is 8.53. The number of hydrogen-bond acceptors (Lipinski definition) is 11. The van der Waals surface area contributed by atoms with Crippen molar-refractivity contribution >= 4 is 47.2 Å². The van der Waals surface area contributed by atoms with E-state index in [1.807, 2.05) is 20.8 Å². The van der Waals surface area contributed by atoms with Gasteiger partial charge in [0.05, 0.1) is 47.4 Å². The van der Waals surface area contributed by atoms with E-state index in [-0.39, 0.29) is 42.7 Å². The highest BCUT2D eigenvalue weighted by molar-refractivity contribution is 8.06. The quantitative estimate of drug-likeness (QED) is 0.266. The Balaban J connectivity index is 1.79. The first-order valence-electron chi connectivity index (χ1n) is 11.2. The fourth-order valence-corrected chi connectivity index (χ4v) is 5.78. The summed E-state index contributed by atoms with van der Waals surface area (Å²) < 4.78 is 15.3. The molecule has 3 rings (SSSR count). The van der Waals surface area contributed by atoms with E-state index in [1.165, 1.54) is 34.9 Å². The van der Waals surface area contributed by atoms with E-state index < -0.39 is 30.4 Å². The van der Waals surface area contributed by atoms with Crippen molar-refractivity contribution in [3.05, 3.63) is 32.1 Å². The fourth-order valence-electron chi connectivity index (χ4n) is 4.01. The lowest BCUT2D eigenvalue weighted by molar-refractivity contribution is -0.173. The topological polar surface area (TPSA) is 135 Å². The van der Waals surface area contributed by atoms with Gasteiger partial charge >= 0.3 is 12.1 Å². The van der Waals surface area contributed by atoms with E-state index in [9.17, 15) is 24.6 Å². The molecule has 0 spiro atoms. The van der Waals surface area contributed by atoms with Crippen molar-refractivity contribution in [2.24, 2.45) is 17.8 Å². The van der Waals surface area contributed by atoms with Gasteiger partial charge in [0, 0.05) is 17.7 Å². The molecule has 0 radical (unpaired) electrons. The second-order valence-electron chi connectivity index (χ2n) is 8.75. The van der Waals surface area contributed by atoms with Gasteiger partial charge in [0.1, 0.15) is 5.70 Å². The molecule has 1 unspecified atom stereocenters. The number of carbonyl (C=O) groups is 3. The highest BCUT2D eigenvalue weighted by Gasteiger charge is 2.60. The van der Waals surface area contributed by atoms with Crippen LogP contribution in [0.15, 0.2) is 21.5 Å². The normalized spacial score (nSPS) is 23.4. The number of thioether (sulfide) groups is 1. The number of ether oxygens (including phenoxy) is 3. The molecule has 2 aliphatic heterocycles. The summed E-state index contributed by atoms with van der Waals surface area (Å²) in [5.41, 5.74) is 2.24. The highest BCUT2D eigenvalue weighted by Crippen LogP contribution is 2.51. The zero-order valence-corrected chi connectivity index (χ0v) is 21.8. The van der Waals surface area contributed by atoms with Crippen LogP contribution in [0.1, 0.15) is 45.2 Å². The number of aromatic nitrogens is 1. The van der Waals surface area contributed by atoms with Gasteiger partial charge in [-0.3, -0.25) is 4.79 Å². The van der Waals surface area contributed by atoms with Gasteiger partial charge in [-0.1, -0.05) is 32.5 Å². The van der Waals surface area contributed by atoms with Gasteiger partial charge in [-0.25, -0.2) is 14.6 Å². The van der Waals surface area contributed by atoms with Crippen molar-refractivity contribution in [1.29, 1.82) is 0 Å². The Morgan fingerprint density at radius 3 is 2.63 bits per heavy atom. The predicted molar refractivity (Wildman–Crippen MR) is 129 cm³/mol. The first-order valence-corrected chi connectivity index (χ1v) is 13.0. The van der Waals surface area contributed by atoms with Gasteiger partial charge in [0.2, 0.25) is 12.2 Å². The molecule has 1 aromatic rings. The standard InChI is InChI=1S/C23H30N2O8S2/c1-11(2)9-31-23(30)33-14(5)32-22(29)19-20(34-7-6-16-15(8-26)24-10-35-16)12(3)18-17(13(4)27)21(28)25(18)19/h6-7,10-14,17-18,26-27H,8-9H2,1-5H3/t12-,13-,14?,17-,18-/m1/s1. The minimum absolute atomic E-state index is 0.0664. The number of hydrogen-bond donors (Lipinski definition) is 2. The molecule has 12 heteroatoms. The minimum Gasteiger partial charge on any atom is -0.434 e. The molecule has 5 atom stereocenters. The van der Waals surface area contributed by atoms with Crippen molar-refractivity contribution in [2.75, 3.05) is 6.61 Å². The zero-order chi connectivity index (χ0) is 25.9. The van der Waals surface area contributed by atoms with Crippen molar-refractivity contribution in [3.63, 3.8) is 0 Å². The van der Waals surface area contributed by atoms with E-state index in [1.54, 1.807) is 23.9 Å². The summed E-state index contributed by atoms with van der Waals surface area (Å²) in [7, 11) is 0. The third kappa shape index (κ3) is 5.88. The Labute approximate surface area is 211 Å². The van der Waals surface area contributed by atoms with Gasteiger partial charge in [0.15, 0.2) is 0 Å². The Kier molecular flexibility index (Phi) is 8.97. The number of thiazole rings is 1. The Morgan fingerprint density at radius 2 is 2.00 bits per heavy atom. The average molecular weight is 527 g/mol. The van der Waals surface area contributed by atoms with Gasteiger partial charge in [-0.05, 0) is 24.3 Å². The van der Waals surface area contributed by atoms with Crippen LogP contribution < -0.4 is 0 Å². The molecule has 10 nitrogen and oxygen atoms in total. The number of carbonyl (C=O) groups excluding carboxylic acids is 3. The third-order valence-electron chi connectivity index (χ3n) is 5.61. The summed E-state index contributed by atoms with van der Waals surface area (Å²) in [6, 6.07) is -0.385. The molecule has 1 fully saturated rings. The number of amides is 1. The summed E-state index contributed by atoms with van der Waals surface area (Å²) in [5, 5.41) is 21.3. The Morgan fingerprint density at radius 1 is 1.29 bits per heavy atom. The number of nitrogens with zero attached hydrogens (tertiary/aromatic N) is 2. The Bertz CT molecular complexity index is 1020. The maximum absolute atomic E-state index is 13.1. The summed E-state index contributed by atoms with van der Waals surface area (Å²) in [5.74, 6) is -1.93. The maximum atomic E-state index is 13.1. The molecular weight excluding hydrogens is 496 g/mol. The molecule has 1 saturated heterocycles. The first kappa shape index (κ1) is 27.2. The molecule has 35 heavy (non-hydrogen) atoms. The predicted octanol–water partition coefficient (Wildman–Crippen LogP) is 3.11. The van der Waals surface area contributed by atoms with Crippen LogP contribution in [0.4, 0.5) is 4.79 Å². The molecule has 2 N–H and O–H groups in total. The lowest BCUT2D eigenvalue weighted by Gasteiger charge is -2.46. The first-order chi connectivity index (χ1) is 16.6. The molecule has 192 valence electrons. The second kappa shape index (κ2) is 11.5. The molecule has 2 aliphatic rings. The minimum atomic E-state index is -1.24. The van der Waals surface area contributed by atoms with Gasteiger partial charge in [-0.2, -0.15) is 0 Å². The van der Waals surface area contributed by atoms with E-state index in [2.05, 4.69) is 4.98 Å². The van der Waals surface area contributed by atoms with Crippen molar-refractivity contribution < 1.29 is 38.8 Å². The van der Waals surface area contributed by atoms with Crippen LogP contribution in [-0.2, 0) is 30.4 Å². The number of β-lactam (4-membered cyclic amide) rings is 1. The van der Waals surface area contributed by atoms with Crippen LogP contribution in [0.2, 0.25) is 0 Å². The number of rotatable bonds is 10. The fraction of sp³-hybridized carbons (Fsp3) is 0.565. The highest BCUT2D eigenvalue weighted by atomic mass is 32.2. The van der Waals surface area contributed by atoms with Crippen LogP contribution in [0.5, 0.6) is 0 Å². The van der Waals surface area contributed by atoms with Gasteiger partial charge in [0.25, 0.3) is 0 Å². The molecule has 0 aliphatic carbocycles. The average Bonchev–Trinajstić information content (AvgIpc) is 3.32. The van der Waals surface area contributed by atoms with Crippen LogP contribution in [0.3, 0.4) is 0 Å². The largest absolute Gasteiger partial charge is 0.511 e. The molecule has 3 heterocycles. The van der Waals surface area contributed by atoms with E-state index in [4.69, 9.17) is 14.2 Å². The number of esters is 1. The van der Waals surface area contributed by atoms with E-state index in [0.717, 1.165) is 4.88 Å². The molecule has 1 aromatic heterocycles.